The van der Waals surface area contributed by atoms with Gasteiger partial charge in [0.2, 0.25) is 5.65 Å². The predicted molar refractivity (Wildman–Crippen MR) is 93.7 cm³/mol. The minimum atomic E-state index is 0.824. The van der Waals surface area contributed by atoms with E-state index in [1.807, 2.05) is 6.92 Å². The van der Waals surface area contributed by atoms with Crippen molar-refractivity contribution in [2.24, 2.45) is 0 Å². The fourth-order valence-corrected chi connectivity index (χ4v) is 3.37. The summed E-state index contributed by atoms with van der Waals surface area (Å²) in [7, 11) is 0. The normalized spacial score (nSPS) is 15.3. The smallest absolute Gasteiger partial charge is 0.200 e. The molecule has 1 fully saturated rings. The van der Waals surface area contributed by atoms with E-state index in [0.29, 0.717) is 0 Å². The molecule has 7 heteroatoms. The molecule has 4 heterocycles. The Bertz CT molecular complexity index is 858. The first-order valence-electron chi connectivity index (χ1n) is 8.23. The van der Waals surface area contributed by atoms with Crippen molar-refractivity contribution in [3.63, 3.8) is 0 Å². The van der Waals surface area contributed by atoms with E-state index in [4.69, 9.17) is 0 Å². The topological polar surface area (TPSA) is 62.5 Å². The van der Waals surface area contributed by atoms with E-state index in [2.05, 4.69) is 62.1 Å². The maximum atomic E-state index is 4.47. The summed E-state index contributed by atoms with van der Waals surface area (Å²) < 4.78 is 1.76. The first-order chi connectivity index (χ1) is 11.6. The van der Waals surface area contributed by atoms with Crippen molar-refractivity contribution in [3.05, 3.63) is 41.6 Å². The molecule has 0 bridgehead atoms. The molecule has 0 unspecified atom stereocenters. The van der Waals surface area contributed by atoms with Crippen molar-refractivity contribution in [2.45, 2.75) is 20.8 Å². The molecule has 3 aromatic rings. The van der Waals surface area contributed by atoms with Crippen LogP contribution in [0.15, 0.2) is 24.5 Å². The summed E-state index contributed by atoms with van der Waals surface area (Å²) in [6.45, 7) is 9.96. The zero-order valence-corrected chi connectivity index (χ0v) is 14.3. The average molecular weight is 323 g/mol. The van der Waals surface area contributed by atoms with Gasteiger partial charge in [-0.25, -0.2) is 0 Å². The quantitative estimate of drug-likeness (QED) is 0.716. The summed E-state index contributed by atoms with van der Waals surface area (Å²) in [5, 5.41) is 12.6. The van der Waals surface area contributed by atoms with Crippen LogP contribution in [0.4, 0.5) is 11.4 Å². The molecule has 0 atom stereocenters. The SMILES string of the molecule is Cc1cc(N2CCN(c3cc(C)nn4cnnc34)CC2)cc(C)n1. The molecule has 3 aromatic heterocycles. The second-order valence-corrected chi connectivity index (χ2v) is 6.35. The Morgan fingerprint density at radius 1 is 0.833 bits per heavy atom. The van der Waals surface area contributed by atoms with Crippen LogP contribution in [-0.4, -0.2) is 51.0 Å². The van der Waals surface area contributed by atoms with Crippen LogP contribution >= 0.6 is 0 Å². The van der Waals surface area contributed by atoms with Gasteiger partial charge < -0.3 is 9.80 Å². The fraction of sp³-hybridized carbons (Fsp3) is 0.412. The van der Waals surface area contributed by atoms with Crippen LogP contribution in [0.5, 0.6) is 0 Å². The maximum Gasteiger partial charge on any atom is 0.200 e. The van der Waals surface area contributed by atoms with Crippen LogP contribution in [0, 0.1) is 20.8 Å². The van der Waals surface area contributed by atoms with Crippen LogP contribution < -0.4 is 9.80 Å². The number of hydrogen-bond acceptors (Lipinski definition) is 6. The van der Waals surface area contributed by atoms with Crippen LogP contribution in [-0.2, 0) is 0 Å². The molecule has 4 rings (SSSR count). The van der Waals surface area contributed by atoms with Crippen molar-refractivity contribution in [1.82, 2.24) is 24.8 Å². The minimum Gasteiger partial charge on any atom is -0.368 e. The summed E-state index contributed by atoms with van der Waals surface area (Å²) in [6, 6.07) is 6.42. The Morgan fingerprint density at radius 3 is 2.21 bits per heavy atom. The molecule has 1 saturated heterocycles. The van der Waals surface area contributed by atoms with E-state index < -0.39 is 0 Å². The third kappa shape index (κ3) is 2.66. The molecule has 124 valence electrons. The van der Waals surface area contributed by atoms with Gasteiger partial charge in [0.05, 0.1) is 11.4 Å². The lowest BCUT2D eigenvalue weighted by atomic mass is 10.2. The van der Waals surface area contributed by atoms with Crippen molar-refractivity contribution < 1.29 is 0 Å². The average Bonchev–Trinajstić information content (AvgIpc) is 3.01. The van der Waals surface area contributed by atoms with Crippen LogP contribution in [0.25, 0.3) is 5.65 Å². The number of hydrogen-bond donors (Lipinski definition) is 0. The highest BCUT2D eigenvalue weighted by Gasteiger charge is 2.21. The Labute approximate surface area is 140 Å². The first-order valence-corrected chi connectivity index (χ1v) is 8.23. The molecule has 0 saturated carbocycles. The monoisotopic (exact) mass is 323 g/mol. The number of fused-ring (bicyclic) bond motifs is 1. The summed E-state index contributed by atoms with van der Waals surface area (Å²) in [6.07, 6.45) is 1.66. The van der Waals surface area contributed by atoms with Gasteiger partial charge in [-0.2, -0.15) is 9.61 Å². The van der Waals surface area contributed by atoms with E-state index in [0.717, 1.165) is 54.6 Å². The highest BCUT2D eigenvalue weighted by molar-refractivity contribution is 5.69. The molecule has 0 aromatic carbocycles. The Kier molecular flexibility index (Phi) is 3.55. The molecule has 0 N–H and O–H groups in total. The Balaban J connectivity index is 1.56. The van der Waals surface area contributed by atoms with Crippen molar-refractivity contribution in [1.29, 1.82) is 0 Å². The molecule has 0 radical (unpaired) electrons. The number of nitrogens with zero attached hydrogens (tertiary/aromatic N) is 7. The van der Waals surface area contributed by atoms with E-state index in [1.165, 1.54) is 5.69 Å². The van der Waals surface area contributed by atoms with E-state index in [-0.39, 0.29) is 0 Å². The standard InChI is InChI=1S/C17H21N7/c1-12-8-15(9-13(2)19-12)22-4-6-23(7-5-22)16-10-14(3)21-24-11-18-20-17(16)24/h8-11H,4-7H2,1-3H3. The van der Waals surface area contributed by atoms with Gasteiger partial charge in [0.25, 0.3) is 0 Å². The fourth-order valence-electron chi connectivity index (χ4n) is 3.37. The van der Waals surface area contributed by atoms with Gasteiger partial charge in [-0.05, 0) is 39.0 Å². The minimum absolute atomic E-state index is 0.824. The summed E-state index contributed by atoms with van der Waals surface area (Å²) in [5.41, 5.74) is 6.31. The molecular formula is C17H21N7. The summed E-state index contributed by atoms with van der Waals surface area (Å²) >= 11 is 0. The molecule has 1 aliphatic rings. The number of aryl methyl sites for hydroxylation is 3. The lowest BCUT2D eigenvalue weighted by Crippen LogP contribution is -2.46. The molecule has 24 heavy (non-hydrogen) atoms. The van der Waals surface area contributed by atoms with Gasteiger partial charge in [-0.3, -0.25) is 4.98 Å². The third-order valence-electron chi connectivity index (χ3n) is 4.42. The Hall–Kier alpha value is -2.70. The van der Waals surface area contributed by atoms with Crippen LogP contribution in [0.1, 0.15) is 17.1 Å². The van der Waals surface area contributed by atoms with Crippen LogP contribution in [0.2, 0.25) is 0 Å². The number of rotatable bonds is 2. The Morgan fingerprint density at radius 2 is 1.50 bits per heavy atom. The van der Waals surface area contributed by atoms with Crippen molar-refractivity contribution in [3.8, 4) is 0 Å². The highest BCUT2D eigenvalue weighted by atomic mass is 15.4. The predicted octanol–water partition coefficient (Wildman–Crippen LogP) is 1.77. The lowest BCUT2D eigenvalue weighted by Gasteiger charge is -2.37. The van der Waals surface area contributed by atoms with E-state index >= 15 is 0 Å². The van der Waals surface area contributed by atoms with Gasteiger partial charge in [0.15, 0.2) is 0 Å². The van der Waals surface area contributed by atoms with Crippen molar-refractivity contribution >= 4 is 17.0 Å². The summed E-state index contributed by atoms with van der Waals surface area (Å²) in [4.78, 5) is 9.26. The van der Waals surface area contributed by atoms with Crippen LogP contribution in [0.3, 0.4) is 0 Å². The van der Waals surface area contributed by atoms with Gasteiger partial charge in [0.1, 0.15) is 6.33 Å². The largest absolute Gasteiger partial charge is 0.368 e. The second kappa shape index (κ2) is 5.74. The molecule has 0 amide bonds. The second-order valence-electron chi connectivity index (χ2n) is 6.35. The van der Waals surface area contributed by atoms with Gasteiger partial charge in [0, 0.05) is 43.3 Å². The number of pyridine rings is 1. The van der Waals surface area contributed by atoms with Crippen molar-refractivity contribution in [2.75, 3.05) is 36.0 Å². The van der Waals surface area contributed by atoms with Gasteiger partial charge in [-0.1, -0.05) is 0 Å². The number of piperazine rings is 1. The molecule has 0 spiro atoms. The number of anilines is 2. The third-order valence-corrected chi connectivity index (χ3v) is 4.42. The van der Waals surface area contributed by atoms with Gasteiger partial charge >= 0.3 is 0 Å². The summed E-state index contributed by atoms with van der Waals surface area (Å²) in [5.74, 6) is 0. The molecule has 7 nitrogen and oxygen atoms in total. The number of aromatic nitrogens is 5. The molecule has 0 aliphatic carbocycles. The van der Waals surface area contributed by atoms with E-state index in [9.17, 15) is 0 Å². The highest BCUT2D eigenvalue weighted by Crippen LogP contribution is 2.24. The zero-order chi connectivity index (χ0) is 16.7. The zero-order valence-electron chi connectivity index (χ0n) is 14.3. The first kappa shape index (κ1) is 14.9. The maximum absolute atomic E-state index is 4.47. The van der Waals surface area contributed by atoms with E-state index in [1.54, 1.807) is 10.8 Å². The molecule has 1 aliphatic heterocycles. The molecular weight excluding hydrogens is 302 g/mol. The van der Waals surface area contributed by atoms with Gasteiger partial charge in [-0.15, -0.1) is 10.2 Å². The lowest BCUT2D eigenvalue weighted by molar-refractivity contribution is 0.651.